The van der Waals surface area contributed by atoms with Gasteiger partial charge in [-0.1, -0.05) is 37.2 Å². The molecule has 2 aromatic heterocycles. The molecule has 1 aliphatic rings. The molecule has 0 unspecified atom stereocenters. The van der Waals surface area contributed by atoms with Gasteiger partial charge in [0, 0.05) is 31.3 Å². The van der Waals surface area contributed by atoms with Crippen LogP contribution in [0, 0.1) is 5.92 Å². The number of benzene rings is 1. The molecule has 0 amide bonds. The Bertz CT molecular complexity index is 919. The number of nitrogens with zero attached hydrogens (tertiary/aromatic N) is 4. The summed E-state index contributed by atoms with van der Waals surface area (Å²) < 4.78 is 11.4. The predicted octanol–water partition coefficient (Wildman–Crippen LogP) is 4.32. The highest BCUT2D eigenvalue weighted by Gasteiger charge is 2.29. The molecule has 1 saturated heterocycles. The molecule has 7 heteroatoms. The van der Waals surface area contributed by atoms with Gasteiger partial charge < -0.3 is 9.26 Å². The van der Waals surface area contributed by atoms with E-state index < -0.39 is 0 Å². The average Bonchev–Trinajstić information content (AvgIpc) is 3.13. The molecular weight excluding hydrogens is 384 g/mol. The summed E-state index contributed by atoms with van der Waals surface area (Å²) in [4.78, 5) is 11.2. The summed E-state index contributed by atoms with van der Waals surface area (Å²) in [6.45, 7) is 6.71. The summed E-state index contributed by atoms with van der Waals surface area (Å²) in [5, 5.41) is 5.08. The largest absolute Gasteiger partial charge is 0.488 e. The van der Waals surface area contributed by atoms with Crippen molar-refractivity contribution in [2.45, 2.75) is 37.9 Å². The quantitative estimate of drug-likeness (QED) is 0.513. The van der Waals surface area contributed by atoms with Crippen LogP contribution in [0.3, 0.4) is 0 Å². The van der Waals surface area contributed by atoms with Crippen molar-refractivity contribution in [3.63, 3.8) is 0 Å². The van der Waals surface area contributed by atoms with Crippen LogP contribution in [0.5, 0.6) is 5.75 Å². The Morgan fingerprint density at radius 2 is 1.90 bits per heavy atom. The number of thioether (sulfide) groups is 1. The van der Waals surface area contributed by atoms with Gasteiger partial charge in [0.15, 0.2) is 5.82 Å². The molecule has 3 aromatic rings. The van der Waals surface area contributed by atoms with Crippen LogP contribution in [0.1, 0.15) is 25.6 Å². The SMILES string of the molecule is CSc1ccc(-c2ccc(OC3CN(Cc4nc(CC(C)C)no4)C3)cc2)cn1. The van der Waals surface area contributed by atoms with E-state index in [1.807, 2.05) is 30.7 Å². The van der Waals surface area contributed by atoms with Gasteiger partial charge in [0.2, 0.25) is 5.89 Å². The van der Waals surface area contributed by atoms with E-state index in [1.165, 1.54) is 0 Å². The second-order valence-electron chi connectivity index (χ2n) is 7.75. The predicted molar refractivity (Wildman–Crippen MR) is 114 cm³/mol. The Kier molecular flexibility index (Phi) is 6.16. The van der Waals surface area contributed by atoms with Gasteiger partial charge in [0.1, 0.15) is 11.9 Å². The summed E-state index contributed by atoms with van der Waals surface area (Å²) in [5.41, 5.74) is 2.25. The summed E-state index contributed by atoms with van der Waals surface area (Å²) in [5.74, 6) is 2.90. The minimum Gasteiger partial charge on any atom is -0.488 e. The minimum absolute atomic E-state index is 0.196. The van der Waals surface area contributed by atoms with Crippen molar-refractivity contribution >= 4 is 11.8 Å². The van der Waals surface area contributed by atoms with Gasteiger partial charge in [0.05, 0.1) is 11.6 Å². The molecule has 1 aliphatic heterocycles. The Morgan fingerprint density at radius 3 is 2.55 bits per heavy atom. The number of likely N-dealkylation sites (tertiary alicyclic amines) is 1. The molecule has 0 spiro atoms. The lowest BCUT2D eigenvalue weighted by Crippen LogP contribution is -2.53. The van der Waals surface area contributed by atoms with Gasteiger partial charge in [-0.25, -0.2) is 4.98 Å². The normalized spacial score (nSPS) is 14.9. The summed E-state index contributed by atoms with van der Waals surface area (Å²) >= 11 is 1.65. The van der Waals surface area contributed by atoms with Gasteiger partial charge in [-0.05, 0) is 35.9 Å². The highest BCUT2D eigenvalue weighted by Crippen LogP contribution is 2.25. The molecule has 0 bridgehead atoms. The fraction of sp³-hybridized carbons (Fsp3) is 0.409. The first-order chi connectivity index (χ1) is 14.1. The molecule has 3 heterocycles. The number of rotatable bonds is 8. The zero-order valence-corrected chi connectivity index (χ0v) is 17.9. The highest BCUT2D eigenvalue weighted by atomic mass is 32.2. The van der Waals surface area contributed by atoms with E-state index in [0.717, 1.165) is 47.2 Å². The fourth-order valence-electron chi connectivity index (χ4n) is 3.31. The Hall–Kier alpha value is -2.38. The van der Waals surface area contributed by atoms with Crippen molar-refractivity contribution in [2.24, 2.45) is 5.92 Å². The molecule has 0 atom stereocenters. The van der Waals surface area contributed by atoms with E-state index in [-0.39, 0.29) is 6.10 Å². The Labute approximate surface area is 175 Å². The number of hydrogen-bond donors (Lipinski definition) is 0. The third kappa shape index (κ3) is 5.16. The molecule has 0 N–H and O–H groups in total. The van der Waals surface area contributed by atoms with Crippen LogP contribution in [0.4, 0.5) is 0 Å². The van der Waals surface area contributed by atoms with Crippen molar-refractivity contribution < 1.29 is 9.26 Å². The average molecular weight is 411 g/mol. The topological polar surface area (TPSA) is 64.3 Å². The molecule has 0 saturated carbocycles. The van der Waals surface area contributed by atoms with Gasteiger partial charge in [-0.15, -0.1) is 11.8 Å². The first-order valence-electron chi connectivity index (χ1n) is 9.90. The molecule has 1 aromatic carbocycles. The summed E-state index contributed by atoms with van der Waals surface area (Å²) in [7, 11) is 0. The van der Waals surface area contributed by atoms with E-state index in [4.69, 9.17) is 9.26 Å². The lowest BCUT2D eigenvalue weighted by atomic mass is 10.1. The highest BCUT2D eigenvalue weighted by molar-refractivity contribution is 7.98. The fourth-order valence-corrected chi connectivity index (χ4v) is 3.67. The zero-order chi connectivity index (χ0) is 20.2. The van der Waals surface area contributed by atoms with Crippen LogP contribution in [0.2, 0.25) is 0 Å². The molecule has 6 nitrogen and oxygen atoms in total. The molecular formula is C22H26N4O2S. The molecule has 29 heavy (non-hydrogen) atoms. The van der Waals surface area contributed by atoms with Crippen LogP contribution >= 0.6 is 11.8 Å². The Balaban J connectivity index is 1.25. The van der Waals surface area contributed by atoms with Gasteiger partial charge in [-0.2, -0.15) is 4.98 Å². The van der Waals surface area contributed by atoms with Crippen molar-refractivity contribution in [2.75, 3.05) is 19.3 Å². The van der Waals surface area contributed by atoms with Crippen LogP contribution in [0.15, 0.2) is 52.1 Å². The van der Waals surface area contributed by atoms with E-state index in [1.54, 1.807) is 11.8 Å². The smallest absolute Gasteiger partial charge is 0.240 e. The number of hydrogen-bond acceptors (Lipinski definition) is 7. The zero-order valence-electron chi connectivity index (χ0n) is 17.0. The number of aromatic nitrogens is 3. The van der Waals surface area contributed by atoms with Gasteiger partial charge >= 0.3 is 0 Å². The molecule has 1 fully saturated rings. The van der Waals surface area contributed by atoms with Crippen LogP contribution < -0.4 is 4.74 Å². The standard InChI is InChI=1S/C22H26N4O2S/c1-15(2)10-20-24-21(28-25-20)14-26-12-19(13-26)27-18-7-4-16(5-8-18)17-6-9-22(29-3)23-11-17/h4-9,11,15,19H,10,12-14H2,1-3H3. The van der Waals surface area contributed by atoms with Gasteiger partial charge in [-0.3, -0.25) is 4.90 Å². The van der Waals surface area contributed by atoms with E-state index in [2.05, 4.69) is 52.1 Å². The summed E-state index contributed by atoms with van der Waals surface area (Å²) in [6.07, 6.45) is 4.99. The second kappa shape index (κ2) is 8.97. The van der Waals surface area contributed by atoms with E-state index >= 15 is 0 Å². The maximum Gasteiger partial charge on any atom is 0.240 e. The summed E-state index contributed by atoms with van der Waals surface area (Å²) in [6, 6.07) is 12.4. The molecule has 4 rings (SSSR count). The first-order valence-corrected chi connectivity index (χ1v) is 11.1. The third-order valence-corrected chi connectivity index (χ3v) is 5.48. The molecule has 0 radical (unpaired) electrons. The lowest BCUT2D eigenvalue weighted by molar-refractivity contribution is 0.00864. The van der Waals surface area contributed by atoms with Crippen molar-refractivity contribution in [1.29, 1.82) is 0 Å². The second-order valence-corrected chi connectivity index (χ2v) is 8.58. The van der Waals surface area contributed by atoms with Crippen molar-refractivity contribution in [1.82, 2.24) is 20.0 Å². The van der Waals surface area contributed by atoms with Crippen molar-refractivity contribution in [3.05, 3.63) is 54.3 Å². The first kappa shape index (κ1) is 19.9. The monoisotopic (exact) mass is 410 g/mol. The van der Waals surface area contributed by atoms with E-state index in [9.17, 15) is 0 Å². The number of pyridine rings is 1. The maximum atomic E-state index is 6.08. The maximum absolute atomic E-state index is 6.08. The number of ether oxygens (including phenoxy) is 1. The lowest BCUT2D eigenvalue weighted by Gasteiger charge is -2.38. The van der Waals surface area contributed by atoms with Crippen LogP contribution in [-0.2, 0) is 13.0 Å². The van der Waals surface area contributed by atoms with Crippen LogP contribution in [-0.4, -0.2) is 45.5 Å². The third-order valence-electron chi connectivity index (χ3n) is 4.82. The van der Waals surface area contributed by atoms with Crippen LogP contribution in [0.25, 0.3) is 11.1 Å². The minimum atomic E-state index is 0.196. The molecule has 0 aliphatic carbocycles. The molecule has 152 valence electrons. The van der Waals surface area contributed by atoms with E-state index in [0.29, 0.717) is 18.4 Å². The van der Waals surface area contributed by atoms with Gasteiger partial charge in [0.25, 0.3) is 0 Å². The van der Waals surface area contributed by atoms with Crippen molar-refractivity contribution in [3.8, 4) is 16.9 Å². The Morgan fingerprint density at radius 1 is 1.14 bits per heavy atom.